The Morgan fingerprint density at radius 1 is 1.75 bits per heavy atom. The van der Waals surface area contributed by atoms with E-state index >= 15 is 0 Å². The van der Waals surface area contributed by atoms with Gasteiger partial charge in [-0.15, -0.1) is 11.3 Å². The highest BCUT2D eigenvalue weighted by atomic mass is 32.1. The van der Waals surface area contributed by atoms with Crippen molar-refractivity contribution < 1.29 is 4.79 Å². The summed E-state index contributed by atoms with van der Waals surface area (Å²) in [5.74, 6) is 0.129. The van der Waals surface area contributed by atoms with Crippen molar-refractivity contribution in [3.8, 4) is 0 Å². The molecular formula is C11H17N3OS. The smallest absolute Gasteiger partial charge is 0.237 e. The van der Waals surface area contributed by atoms with Gasteiger partial charge in [-0.1, -0.05) is 0 Å². The summed E-state index contributed by atoms with van der Waals surface area (Å²) in [5, 5.41) is 9.26. The summed E-state index contributed by atoms with van der Waals surface area (Å²) in [6.45, 7) is 3.64. The molecule has 1 atom stereocenters. The molecule has 2 heterocycles. The Labute approximate surface area is 99.5 Å². The van der Waals surface area contributed by atoms with Gasteiger partial charge in [0.1, 0.15) is 0 Å². The van der Waals surface area contributed by atoms with Gasteiger partial charge < -0.3 is 10.6 Å². The normalized spacial score (nSPS) is 19.9. The van der Waals surface area contributed by atoms with Crippen LogP contribution in [0.2, 0.25) is 0 Å². The van der Waals surface area contributed by atoms with Crippen LogP contribution in [0.15, 0.2) is 5.38 Å². The molecule has 1 aromatic rings. The van der Waals surface area contributed by atoms with Gasteiger partial charge in [0.25, 0.3) is 0 Å². The van der Waals surface area contributed by atoms with E-state index in [1.807, 2.05) is 6.92 Å². The van der Waals surface area contributed by atoms with Gasteiger partial charge >= 0.3 is 0 Å². The third-order valence-corrected chi connectivity index (χ3v) is 3.55. The fourth-order valence-corrected chi connectivity index (χ4v) is 2.52. The molecule has 0 aliphatic carbocycles. The Hall–Kier alpha value is -0.940. The van der Waals surface area contributed by atoms with Gasteiger partial charge in [-0.25, -0.2) is 4.98 Å². The molecule has 1 amide bonds. The first-order valence-corrected chi connectivity index (χ1v) is 6.56. The quantitative estimate of drug-likeness (QED) is 0.819. The monoisotopic (exact) mass is 239 g/mol. The number of aryl methyl sites for hydroxylation is 1. The number of nitrogens with one attached hydrogen (secondary N) is 2. The fourth-order valence-electron chi connectivity index (χ4n) is 1.87. The first kappa shape index (κ1) is 11.5. The summed E-state index contributed by atoms with van der Waals surface area (Å²) in [7, 11) is 0. The lowest BCUT2D eigenvalue weighted by Crippen LogP contribution is -2.41. The summed E-state index contributed by atoms with van der Waals surface area (Å²) in [5.41, 5.74) is 1.07. The first-order chi connectivity index (χ1) is 7.75. The highest BCUT2D eigenvalue weighted by Crippen LogP contribution is 2.08. The topological polar surface area (TPSA) is 54.0 Å². The summed E-state index contributed by atoms with van der Waals surface area (Å²) < 4.78 is 0. The van der Waals surface area contributed by atoms with Crippen molar-refractivity contribution in [2.45, 2.75) is 32.2 Å². The number of hydrogen-bond acceptors (Lipinski definition) is 4. The number of hydrogen-bond donors (Lipinski definition) is 2. The maximum absolute atomic E-state index is 11.6. The van der Waals surface area contributed by atoms with Crippen molar-refractivity contribution in [2.24, 2.45) is 0 Å². The van der Waals surface area contributed by atoms with Crippen molar-refractivity contribution >= 4 is 17.2 Å². The van der Waals surface area contributed by atoms with Crippen LogP contribution in [0.5, 0.6) is 0 Å². The van der Waals surface area contributed by atoms with Crippen LogP contribution in [0.3, 0.4) is 0 Å². The molecule has 0 unspecified atom stereocenters. The Morgan fingerprint density at radius 2 is 2.62 bits per heavy atom. The van der Waals surface area contributed by atoms with E-state index in [2.05, 4.69) is 21.0 Å². The molecule has 0 spiro atoms. The molecule has 88 valence electrons. The van der Waals surface area contributed by atoms with Crippen LogP contribution in [-0.2, 0) is 11.2 Å². The SMILES string of the molecule is Cc1nc(CCNC(=O)[C@@H]2CCCN2)cs1. The van der Waals surface area contributed by atoms with E-state index in [0.717, 1.165) is 36.5 Å². The van der Waals surface area contributed by atoms with Crippen molar-refractivity contribution in [1.82, 2.24) is 15.6 Å². The molecule has 5 heteroatoms. The molecule has 0 bridgehead atoms. The predicted molar refractivity (Wildman–Crippen MR) is 64.6 cm³/mol. The van der Waals surface area contributed by atoms with Gasteiger partial charge in [0.2, 0.25) is 5.91 Å². The second-order valence-corrected chi connectivity index (χ2v) is 5.11. The Kier molecular flexibility index (Phi) is 3.90. The van der Waals surface area contributed by atoms with Gasteiger partial charge in [0, 0.05) is 18.3 Å². The lowest BCUT2D eigenvalue weighted by Gasteiger charge is -2.10. The third-order valence-electron chi connectivity index (χ3n) is 2.72. The van der Waals surface area contributed by atoms with Crippen LogP contribution in [0.1, 0.15) is 23.5 Å². The minimum absolute atomic E-state index is 0.0252. The van der Waals surface area contributed by atoms with Crippen LogP contribution in [0, 0.1) is 6.92 Å². The van der Waals surface area contributed by atoms with Crippen molar-refractivity contribution in [2.75, 3.05) is 13.1 Å². The second-order valence-electron chi connectivity index (χ2n) is 4.05. The third kappa shape index (κ3) is 3.02. The number of thiazole rings is 1. The van der Waals surface area contributed by atoms with Crippen LogP contribution >= 0.6 is 11.3 Å². The zero-order chi connectivity index (χ0) is 11.4. The minimum atomic E-state index is 0.0252. The van der Waals surface area contributed by atoms with Gasteiger partial charge in [-0.05, 0) is 26.3 Å². The van der Waals surface area contributed by atoms with Gasteiger partial charge in [-0.2, -0.15) is 0 Å². The number of carbonyl (C=O) groups excluding carboxylic acids is 1. The first-order valence-electron chi connectivity index (χ1n) is 5.68. The maximum atomic E-state index is 11.6. The number of rotatable bonds is 4. The molecule has 1 aliphatic heterocycles. The van der Waals surface area contributed by atoms with Gasteiger partial charge in [0.15, 0.2) is 0 Å². The highest BCUT2D eigenvalue weighted by Gasteiger charge is 2.21. The van der Waals surface area contributed by atoms with Crippen molar-refractivity contribution in [3.63, 3.8) is 0 Å². The largest absolute Gasteiger partial charge is 0.354 e. The molecule has 2 N–H and O–H groups in total. The molecule has 1 fully saturated rings. The summed E-state index contributed by atoms with van der Waals surface area (Å²) in [4.78, 5) is 16.0. The molecule has 0 saturated carbocycles. The molecular weight excluding hydrogens is 222 g/mol. The molecule has 0 radical (unpaired) electrons. The summed E-state index contributed by atoms with van der Waals surface area (Å²) >= 11 is 1.65. The predicted octanol–water partition coefficient (Wildman–Crippen LogP) is 0.862. The van der Waals surface area contributed by atoms with E-state index < -0.39 is 0 Å². The standard InChI is InChI=1S/C11H17N3OS/c1-8-14-9(7-16-8)4-6-13-11(15)10-3-2-5-12-10/h7,10,12H,2-6H2,1H3,(H,13,15)/t10-/m0/s1. The van der Waals surface area contributed by atoms with E-state index in [4.69, 9.17) is 0 Å². The van der Waals surface area contributed by atoms with E-state index in [1.165, 1.54) is 0 Å². The molecule has 1 saturated heterocycles. The Bertz CT molecular complexity index is 358. The highest BCUT2D eigenvalue weighted by molar-refractivity contribution is 7.09. The molecule has 0 aromatic carbocycles. The van der Waals surface area contributed by atoms with Crippen molar-refractivity contribution in [3.05, 3.63) is 16.1 Å². The molecule has 1 aliphatic rings. The summed E-state index contributed by atoms with van der Waals surface area (Å²) in [6, 6.07) is 0.0252. The molecule has 1 aromatic heterocycles. The van der Waals surface area contributed by atoms with Crippen LogP contribution in [-0.4, -0.2) is 30.0 Å². The van der Waals surface area contributed by atoms with E-state index in [-0.39, 0.29) is 11.9 Å². The summed E-state index contributed by atoms with van der Waals surface area (Å²) in [6.07, 6.45) is 2.88. The van der Waals surface area contributed by atoms with Gasteiger partial charge in [0.05, 0.1) is 16.7 Å². The second kappa shape index (κ2) is 5.41. The lowest BCUT2D eigenvalue weighted by atomic mass is 10.2. The Morgan fingerprint density at radius 3 is 3.25 bits per heavy atom. The minimum Gasteiger partial charge on any atom is -0.354 e. The molecule has 16 heavy (non-hydrogen) atoms. The zero-order valence-corrected chi connectivity index (χ0v) is 10.3. The molecule has 2 rings (SSSR count). The maximum Gasteiger partial charge on any atom is 0.237 e. The van der Waals surface area contributed by atoms with E-state index in [9.17, 15) is 4.79 Å². The number of amides is 1. The Balaban J connectivity index is 1.69. The zero-order valence-electron chi connectivity index (χ0n) is 9.45. The number of aromatic nitrogens is 1. The fraction of sp³-hybridized carbons (Fsp3) is 0.636. The molecule has 4 nitrogen and oxygen atoms in total. The van der Waals surface area contributed by atoms with Crippen LogP contribution in [0.25, 0.3) is 0 Å². The van der Waals surface area contributed by atoms with Crippen molar-refractivity contribution in [1.29, 1.82) is 0 Å². The van der Waals surface area contributed by atoms with E-state index in [1.54, 1.807) is 11.3 Å². The average molecular weight is 239 g/mol. The lowest BCUT2D eigenvalue weighted by molar-refractivity contribution is -0.122. The number of nitrogens with zero attached hydrogens (tertiary/aromatic N) is 1. The van der Waals surface area contributed by atoms with E-state index in [0.29, 0.717) is 6.54 Å². The van der Waals surface area contributed by atoms with Crippen LogP contribution < -0.4 is 10.6 Å². The van der Waals surface area contributed by atoms with Gasteiger partial charge in [-0.3, -0.25) is 4.79 Å². The average Bonchev–Trinajstić information content (AvgIpc) is 2.89. The van der Waals surface area contributed by atoms with Crippen LogP contribution in [0.4, 0.5) is 0 Å². The number of carbonyl (C=O) groups is 1.